The van der Waals surface area contributed by atoms with E-state index < -0.39 is 53.2 Å². The first kappa shape index (κ1) is 16.2. The minimum atomic E-state index is -2.25. The molecule has 0 radical (unpaired) electrons. The highest BCUT2D eigenvalue weighted by Crippen LogP contribution is 2.28. The molecule has 1 aromatic rings. The van der Waals surface area contributed by atoms with Crippen LogP contribution in [0.5, 0.6) is 0 Å². The third kappa shape index (κ3) is 3.37. The summed E-state index contributed by atoms with van der Waals surface area (Å²) in [6.07, 6.45) is 0.166. The minimum absolute atomic E-state index is 0.200. The monoisotopic (exact) mass is 297 g/mol. The van der Waals surface area contributed by atoms with Crippen molar-refractivity contribution >= 4 is 11.7 Å². The van der Waals surface area contributed by atoms with E-state index >= 15 is 0 Å². The summed E-state index contributed by atoms with van der Waals surface area (Å²) in [5.41, 5.74) is -1.21. The van der Waals surface area contributed by atoms with Gasteiger partial charge in [-0.3, -0.25) is 4.79 Å². The zero-order valence-electron chi connectivity index (χ0n) is 10.4. The maximum Gasteiger partial charge on any atom is 0.305 e. The number of anilines is 1. The van der Waals surface area contributed by atoms with Crippen molar-refractivity contribution < 1.29 is 31.9 Å². The van der Waals surface area contributed by atoms with E-state index in [1.165, 1.54) is 0 Å². The van der Waals surface area contributed by atoms with Gasteiger partial charge in [-0.1, -0.05) is 13.3 Å². The Labute approximate surface area is 111 Å². The van der Waals surface area contributed by atoms with Gasteiger partial charge in [-0.15, -0.1) is 0 Å². The molecule has 0 bridgehead atoms. The van der Waals surface area contributed by atoms with Crippen LogP contribution in [0.15, 0.2) is 0 Å². The quantitative estimate of drug-likeness (QED) is 0.480. The lowest BCUT2D eigenvalue weighted by molar-refractivity contribution is -0.137. The van der Waals surface area contributed by atoms with Crippen molar-refractivity contribution in [1.82, 2.24) is 0 Å². The van der Waals surface area contributed by atoms with Gasteiger partial charge in [0.25, 0.3) is 0 Å². The van der Waals surface area contributed by atoms with Crippen molar-refractivity contribution in [3.63, 3.8) is 0 Å². The summed E-state index contributed by atoms with van der Waals surface area (Å²) < 4.78 is 65.6. The number of carboxylic acid groups (broad SMARTS) is 1. The average molecular weight is 297 g/mol. The molecule has 8 heteroatoms. The van der Waals surface area contributed by atoms with Crippen molar-refractivity contribution in [1.29, 1.82) is 0 Å². The number of rotatable bonds is 6. The third-order valence-electron chi connectivity index (χ3n) is 2.62. The Morgan fingerprint density at radius 3 is 1.90 bits per heavy atom. The molecule has 0 heterocycles. The Balaban J connectivity index is 3.15. The summed E-state index contributed by atoms with van der Waals surface area (Å²) in [5, 5.41) is 10.7. The molecule has 1 aromatic carbocycles. The molecule has 0 aliphatic carbocycles. The van der Waals surface area contributed by atoms with Crippen LogP contribution >= 0.6 is 0 Å². The van der Waals surface area contributed by atoms with Gasteiger partial charge >= 0.3 is 5.97 Å². The van der Waals surface area contributed by atoms with Crippen LogP contribution in [0.25, 0.3) is 0 Å². The van der Waals surface area contributed by atoms with Gasteiger partial charge in [0.2, 0.25) is 5.82 Å². The number of nitrogens with one attached hydrogen (secondary N) is 1. The van der Waals surface area contributed by atoms with E-state index in [2.05, 4.69) is 5.32 Å². The maximum absolute atomic E-state index is 13.4. The Bertz CT molecular complexity index is 492. The lowest BCUT2D eigenvalue weighted by Crippen LogP contribution is -2.25. The Morgan fingerprint density at radius 1 is 1.05 bits per heavy atom. The largest absolute Gasteiger partial charge is 0.481 e. The van der Waals surface area contributed by atoms with Crippen LogP contribution in [-0.2, 0) is 4.79 Å². The third-order valence-corrected chi connectivity index (χ3v) is 2.62. The van der Waals surface area contributed by atoms with E-state index in [4.69, 9.17) is 5.11 Å². The number of hydrogen-bond acceptors (Lipinski definition) is 2. The molecule has 0 saturated heterocycles. The van der Waals surface area contributed by atoms with Crippen LogP contribution in [0.3, 0.4) is 0 Å². The molecule has 112 valence electrons. The number of carboxylic acids is 1. The van der Waals surface area contributed by atoms with Crippen LogP contribution < -0.4 is 5.32 Å². The second kappa shape index (κ2) is 6.53. The second-order valence-electron chi connectivity index (χ2n) is 4.17. The Morgan fingerprint density at radius 2 is 1.50 bits per heavy atom. The summed E-state index contributed by atoms with van der Waals surface area (Å²) in [6, 6.07) is -0.939. The smallest absolute Gasteiger partial charge is 0.305 e. The lowest BCUT2D eigenvalue weighted by Gasteiger charge is -2.19. The van der Waals surface area contributed by atoms with Crippen molar-refractivity contribution in [2.45, 2.75) is 32.2 Å². The van der Waals surface area contributed by atoms with E-state index in [1.807, 2.05) is 0 Å². The molecule has 1 atom stereocenters. The summed E-state index contributed by atoms with van der Waals surface area (Å²) in [5.74, 6) is -11.7. The van der Waals surface area contributed by atoms with Crippen LogP contribution in [0, 0.1) is 29.1 Å². The van der Waals surface area contributed by atoms with Gasteiger partial charge < -0.3 is 10.4 Å². The fourth-order valence-corrected chi connectivity index (χ4v) is 1.72. The first-order valence-corrected chi connectivity index (χ1v) is 5.79. The predicted octanol–water partition coefficient (Wildman–Crippen LogP) is 3.44. The topological polar surface area (TPSA) is 49.3 Å². The van der Waals surface area contributed by atoms with Gasteiger partial charge in [0.1, 0.15) is 5.69 Å². The maximum atomic E-state index is 13.4. The van der Waals surface area contributed by atoms with Crippen LogP contribution in [-0.4, -0.2) is 17.1 Å². The van der Waals surface area contributed by atoms with Gasteiger partial charge in [0, 0.05) is 6.04 Å². The van der Waals surface area contributed by atoms with Crippen LogP contribution in [0.2, 0.25) is 0 Å². The van der Waals surface area contributed by atoms with Gasteiger partial charge in [-0.25, -0.2) is 22.0 Å². The molecule has 3 nitrogen and oxygen atoms in total. The number of carbonyl (C=O) groups is 1. The molecule has 0 spiro atoms. The predicted molar refractivity (Wildman–Crippen MR) is 60.8 cm³/mol. The van der Waals surface area contributed by atoms with E-state index in [-0.39, 0.29) is 6.42 Å². The zero-order chi connectivity index (χ0) is 15.4. The average Bonchev–Trinajstić information content (AvgIpc) is 2.38. The molecule has 20 heavy (non-hydrogen) atoms. The Kier molecular flexibility index (Phi) is 5.29. The lowest BCUT2D eigenvalue weighted by atomic mass is 10.1. The molecule has 2 N–H and O–H groups in total. The second-order valence-corrected chi connectivity index (χ2v) is 4.17. The molecule has 1 rings (SSSR count). The standard InChI is InChI=1S/C12H12F5NO2/c1-2-3-5(4-6(19)20)18-12-10(16)8(14)7(13)9(15)11(12)17/h5,18H,2-4H2,1H3,(H,19,20). The number of halogens is 5. The number of benzene rings is 1. The molecule has 0 saturated carbocycles. The van der Waals surface area contributed by atoms with Gasteiger partial charge in [-0.2, -0.15) is 0 Å². The molecule has 0 fully saturated rings. The number of aliphatic carboxylic acids is 1. The molecular formula is C12H12F5NO2. The Hall–Kier alpha value is -1.86. The van der Waals surface area contributed by atoms with E-state index in [0.29, 0.717) is 6.42 Å². The summed E-state index contributed by atoms with van der Waals surface area (Å²) in [7, 11) is 0. The number of hydrogen-bond donors (Lipinski definition) is 2. The van der Waals surface area contributed by atoms with E-state index in [9.17, 15) is 26.7 Å². The SMILES string of the molecule is CCCC(CC(=O)O)Nc1c(F)c(F)c(F)c(F)c1F. The van der Waals surface area contributed by atoms with Gasteiger partial charge in [0.15, 0.2) is 23.3 Å². The van der Waals surface area contributed by atoms with E-state index in [0.717, 1.165) is 0 Å². The van der Waals surface area contributed by atoms with Gasteiger partial charge in [0.05, 0.1) is 6.42 Å². The summed E-state index contributed by atoms with van der Waals surface area (Å²) in [6.45, 7) is 1.69. The van der Waals surface area contributed by atoms with Crippen LogP contribution in [0.4, 0.5) is 27.6 Å². The highest BCUT2D eigenvalue weighted by Gasteiger charge is 2.27. The molecular weight excluding hydrogens is 285 g/mol. The first-order valence-electron chi connectivity index (χ1n) is 5.79. The zero-order valence-corrected chi connectivity index (χ0v) is 10.4. The molecule has 1 unspecified atom stereocenters. The van der Waals surface area contributed by atoms with Gasteiger partial charge in [-0.05, 0) is 6.42 Å². The normalized spacial score (nSPS) is 12.3. The fourth-order valence-electron chi connectivity index (χ4n) is 1.72. The molecule has 0 aliphatic rings. The van der Waals surface area contributed by atoms with Crippen molar-refractivity contribution in [2.75, 3.05) is 5.32 Å². The minimum Gasteiger partial charge on any atom is -0.481 e. The van der Waals surface area contributed by atoms with Crippen molar-refractivity contribution in [2.24, 2.45) is 0 Å². The summed E-state index contributed by atoms with van der Waals surface area (Å²) >= 11 is 0. The van der Waals surface area contributed by atoms with Crippen LogP contribution in [0.1, 0.15) is 26.2 Å². The van der Waals surface area contributed by atoms with Crippen molar-refractivity contribution in [3.05, 3.63) is 29.1 Å². The molecule has 0 amide bonds. The summed E-state index contributed by atoms with van der Waals surface area (Å²) in [4.78, 5) is 10.6. The highest BCUT2D eigenvalue weighted by atomic mass is 19.2. The molecule has 0 aromatic heterocycles. The highest BCUT2D eigenvalue weighted by molar-refractivity contribution is 5.68. The first-order chi connectivity index (χ1) is 9.29. The van der Waals surface area contributed by atoms with Crippen molar-refractivity contribution in [3.8, 4) is 0 Å². The van der Waals surface area contributed by atoms with E-state index in [1.54, 1.807) is 6.92 Å². The fraction of sp³-hybridized carbons (Fsp3) is 0.417. The molecule has 0 aliphatic heterocycles.